The summed E-state index contributed by atoms with van der Waals surface area (Å²) < 4.78 is 18.2. The molecule has 1 fully saturated rings. The van der Waals surface area contributed by atoms with Crippen molar-refractivity contribution in [2.24, 2.45) is 0 Å². The molecular weight excluding hydrogens is 306 g/mol. The summed E-state index contributed by atoms with van der Waals surface area (Å²) in [6.07, 6.45) is 1.72. The van der Waals surface area contributed by atoms with Crippen molar-refractivity contribution in [1.29, 1.82) is 0 Å². The molecule has 0 bridgehead atoms. The van der Waals surface area contributed by atoms with Gasteiger partial charge < -0.3 is 9.84 Å². The minimum absolute atomic E-state index is 0.0933. The Labute approximate surface area is 131 Å². The van der Waals surface area contributed by atoms with Gasteiger partial charge in [0.25, 0.3) is 5.69 Å². The Hall–Kier alpha value is -1.47. The summed E-state index contributed by atoms with van der Waals surface area (Å²) in [6, 6.07) is 4.25. The molecule has 0 amide bonds. The standard InChI is InChI=1S/C15H19NO5S/c1-14(2)9-15(17,13-4-3-7-22(13)20)11-8-10(16(18)19)5-6-12(11)21-14/h5-6,8,13,17H,3-4,7,9H2,1-2H3/t13?,15-,22?/m1/s1. The fourth-order valence-corrected chi connectivity index (χ4v) is 5.38. The maximum Gasteiger partial charge on any atom is 0.270 e. The molecule has 1 N–H and O–H groups in total. The molecule has 0 spiro atoms. The van der Waals surface area contributed by atoms with E-state index in [1.54, 1.807) is 0 Å². The second kappa shape index (κ2) is 5.03. The molecule has 2 aliphatic heterocycles. The summed E-state index contributed by atoms with van der Waals surface area (Å²) in [4.78, 5) is 10.5. The Morgan fingerprint density at radius 2 is 2.18 bits per heavy atom. The van der Waals surface area contributed by atoms with Gasteiger partial charge in [0.05, 0.1) is 10.2 Å². The Kier molecular flexibility index (Phi) is 3.52. The van der Waals surface area contributed by atoms with Crippen LogP contribution in [0.4, 0.5) is 5.69 Å². The van der Waals surface area contributed by atoms with Crippen LogP contribution in [0.25, 0.3) is 0 Å². The Morgan fingerprint density at radius 3 is 2.77 bits per heavy atom. The lowest BCUT2D eigenvalue weighted by molar-refractivity contribution is -0.385. The van der Waals surface area contributed by atoms with Crippen LogP contribution >= 0.6 is 0 Å². The molecule has 22 heavy (non-hydrogen) atoms. The van der Waals surface area contributed by atoms with Crippen molar-refractivity contribution >= 4 is 16.5 Å². The minimum atomic E-state index is -1.36. The quantitative estimate of drug-likeness (QED) is 0.665. The van der Waals surface area contributed by atoms with Crippen molar-refractivity contribution in [1.82, 2.24) is 0 Å². The number of nitro groups is 1. The number of hydrogen-bond acceptors (Lipinski definition) is 5. The molecule has 1 aromatic rings. The predicted octanol–water partition coefficient (Wildman–Crippen LogP) is 2.25. The summed E-state index contributed by atoms with van der Waals surface area (Å²) in [5.74, 6) is 1.01. The number of hydrogen-bond donors (Lipinski definition) is 1. The van der Waals surface area contributed by atoms with Crippen LogP contribution in [0.15, 0.2) is 18.2 Å². The van der Waals surface area contributed by atoms with Crippen molar-refractivity contribution in [3.63, 3.8) is 0 Å². The average molecular weight is 325 g/mol. The Morgan fingerprint density at radius 1 is 1.45 bits per heavy atom. The molecule has 1 saturated heterocycles. The van der Waals surface area contributed by atoms with Crippen LogP contribution < -0.4 is 4.74 Å². The number of fused-ring (bicyclic) bond motifs is 1. The largest absolute Gasteiger partial charge is 0.487 e. The maximum atomic E-state index is 12.3. The first-order valence-electron chi connectivity index (χ1n) is 7.30. The zero-order valence-corrected chi connectivity index (χ0v) is 13.4. The molecule has 1 aromatic carbocycles. The summed E-state index contributed by atoms with van der Waals surface area (Å²) in [7, 11) is -1.13. The highest BCUT2D eigenvalue weighted by Gasteiger charge is 2.52. The van der Waals surface area contributed by atoms with Crippen LogP contribution in [0.3, 0.4) is 0 Å². The molecule has 2 aliphatic rings. The second-order valence-corrected chi connectivity index (χ2v) is 8.35. The third-order valence-electron chi connectivity index (χ3n) is 4.38. The van der Waals surface area contributed by atoms with E-state index in [-0.39, 0.29) is 12.1 Å². The average Bonchev–Trinajstić information content (AvgIpc) is 2.84. The van der Waals surface area contributed by atoms with Crippen LogP contribution in [-0.4, -0.2) is 30.8 Å². The first kappa shape index (κ1) is 15.4. The van der Waals surface area contributed by atoms with E-state index in [0.717, 1.165) is 6.42 Å². The lowest BCUT2D eigenvalue weighted by atomic mass is 9.77. The highest BCUT2D eigenvalue weighted by molar-refractivity contribution is 7.86. The van der Waals surface area contributed by atoms with Crippen molar-refractivity contribution in [3.05, 3.63) is 33.9 Å². The maximum absolute atomic E-state index is 12.3. The van der Waals surface area contributed by atoms with E-state index in [1.165, 1.54) is 18.2 Å². The summed E-state index contributed by atoms with van der Waals surface area (Å²) in [5.41, 5.74) is -1.68. The molecule has 120 valence electrons. The van der Waals surface area contributed by atoms with Crippen LogP contribution in [-0.2, 0) is 16.4 Å². The zero-order valence-electron chi connectivity index (χ0n) is 12.6. The van der Waals surface area contributed by atoms with Gasteiger partial charge in [-0.2, -0.15) is 0 Å². The SMILES string of the molecule is CC1(C)C[C@](O)(C2CCCS2=O)c2cc([N+](=O)[O-])ccc2O1. The molecule has 0 radical (unpaired) electrons. The second-order valence-electron chi connectivity index (χ2n) is 6.62. The van der Waals surface area contributed by atoms with Gasteiger partial charge in [-0.15, -0.1) is 0 Å². The van der Waals surface area contributed by atoms with Gasteiger partial charge in [0.15, 0.2) is 0 Å². The van der Waals surface area contributed by atoms with Crippen molar-refractivity contribution in [2.45, 2.75) is 49.6 Å². The fourth-order valence-electron chi connectivity index (χ4n) is 3.57. The number of nitro benzene ring substituents is 1. The Bertz CT molecular complexity index is 659. The first-order valence-corrected chi connectivity index (χ1v) is 8.69. The fraction of sp³-hybridized carbons (Fsp3) is 0.600. The third kappa shape index (κ3) is 2.42. The van der Waals surface area contributed by atoms with E-state index >= 15 is 0 Å². The molecule has 6 nitrogen and oxygen atoms in total. The smallest absolute Gasteiger partial charge is 0.270 e. The van der Waals surface area contributed by atoms with Crippen molar-refractivity contribution < 1.29 is 19.0 Å². The highest BCUT2D eigenvalue weighted by atomic mass is 32.2. The molecular formula is C15H19NO5S. The summed E-state index contributed by atoms with van der Waals surface area (Å²) in [5, 5.41) is 22.0. The number of rotatable bonds is 2. The molecule has 3 atom stereocenters. The van der Waals surface area contributed by atoms with E-state index in [2.05, 4.69) is 0 Å². The van der Waals surface area contributed by atoms with Gasteiger partial charge in [0.2, 0.25) is 0 Å². The van der Waals surface area contributed by atoms with Gasteiger partial charge in [-0.1, -0.05) is 0 Å². The van der Waals surface area contributed by atoms with Gasteiger partial charge in [-0.3, -0.25) is 14.3 Å². The summed E-state index contributed by atoms with van der Waals surface area (Å²) in [6.45, 7) is 3.72. The highest BCUT2D eigenvalue weighted by Crippen LogP contribution is 2.49. The van der Waals surface area contributed by atoms with E-state index < -0.39 is 32.2 Å². The molecule has 2 unspecified atom stereocenters. The molecule has 3 rings (SSSR count). The van der Waals surface area contributed by atoms with Crippen LogP contribution in [0.2, 0.25) is 0 Å². The number of benzene rings is 1. The lowest BCUT2D eigenvalue weighted by Gasteiger charge is -2.45. The normalized spacial score (nSPS) is 33.0. The predicted molar refractivity (Wildman–Crippen MR) is 82.3 cm³/mol. The van der Waals surface area contributed by atoms with E-state index in [1.807, 2.05) is 13.8 Å². The van der Waals surface area contributed by atoms with Crippen LogP contribution in [0.5, 0.6) is 5.75 Å². The first-order chi connectivity index (χ1) is 10.2. The number of non-ortho nitro benzene ring substituents is 1. The topological polar surface area (TPSA) is 89.7 Å². The number of aliphatic hydroxyl groups is 1. The molecule has 2 heterocycles. The summed E-state index contributed by atoms with van der Waals surface area (Å²) >= 11 is 0. The molecule has 0 saturated carbocycles. The molecule has 0 aliphatic carbocycles. The van der Waals surface area contributed by atoms with Crippen LogP contribution in [0.1, 0.15) is 38.7 Å². The number of ether oxygens (including phenoxy) is 1. The van der Waals surface area contributed by atoms with Gasteiger partial charge in [0, 0.05) is 40.7 Å². The van der Waals surface area contributed by atoms with Gasteiger partial charge >= 0.3 is 0 Å². The van der Waals surface area contributed by atoms with Crippen LogP contribution in [0, 0.1) is 10.1 Å². The van der Waals surface area contributed by atoms with Gasteiger partial charge in [-0.25, -0.2) is 0 Å². The van der Waals surface area contributed by atoms with E-state index in [9.17, 15) is 19.4 Å². The minimum Gasteiger partial charge on any atom is -0.487 e. The third-order valence-corrected chi connectivity index (χ3v) is 6.34. The van der Waals surface area contributed by atoms with Crippen molar-refractivity contribution in [2.75, 3.05) is 5.75 Å². The zero-order chi connectivity index (χ0) is 16.1. The van der Waals surface area contributed by atoms with E-state index in [4.69, 9.17) is 4.74 Å². The molecule has 7 heteroatoms. The molecule has 0 aromatic heterocycles. The van der Waals surface area contributed by atoms with Gasteiger partial charge in [0.1, 0.15) is 17.0 Å². The van der Waals surface area contributed by atoms with Crippen molar-refractivity contribution in [3.8, 4) is 5.75 Å². The monoisotopic (exact) mass is 325 g/mol. The Balaban J connectivity index is 2.16. The number of nitrogens with zero attached hydrogens (tertiary/aromatic N) is 1. The van der Waals surface area contributed by atoms with Gasteiger partial charge in [-0.05, 0) is 32.8 Å². The van der Waals surface area contributed by atoms with E-state index in [0.29, 0.717) is 23.5 Å². The lowest BCUT2D eigenvalue weighted by Crippen LogP contribution is -2.51.